The van der Waals surface area contributed by atoms with Crippen molar-refractivity contribution in [2.75, 3.05) is 0 Å². The summed E-state index contributed by atoms with van der Waals surface area (Å²) in [4.78, 5) is 12.0. The predicted molar refractivity (Wildman–Crippen MR) is 81.7 cm³/mol. The molecule has 3 N–H and O–H groups in total. The van der Waals surface area contributed by atoms with E-state index in [-0.39, 0.29) is 11.9 Å². The number of aryl methyl sites for hydroxylation is 1. The van der Waals surface area contributed by atoms with Gasteiger partial charge in [-0.05, 0) is 33.3 Å². The molecule has 4 nitrogen and oxygen atoms in total. The van der Waals surface area contributed by atoms with Gasteiger partial charge < -0.3 is 15.8 Å². The van der Waals surface area contributed by atoms with Crippen LogP contribution < -0.4 is 15.8 Å². The molecule has 0 aliphatic rings. The average Bonchev–Trinajstić information content (AvgIpc) is 2.40. The maximum atomic E-state index is 12.0. The van der Waals surface area contributed by atoms with Crippen molar-refractivity contribution in [3.8, 4) is 5.75 Å². The van der Waals surface area contributed by atoms with E-state index < -0.39 is 6.10 Å². The van der Waals surface area contributed by atoms with Crippen LogP contribution >= 0.6 is 0 Å². The van der Waals surface area contributed by atoms with Crippen LogP contribution in [0.15, 0.2) is 18.2 Å². The molecule has 1 amide bonds. The van der Waals surface area contributed by atoms with Crippen molar-refractivity contribution in [3.63, 3.8) is 0 Å². The molecule has 20 heavy (non-hydrogen) atoms. The highest BCUT2D eigenvalue weighted by atomic mass is 16.5. The van der Waals surface area contributed by atoms with E-state index in [0.29, 0.717) is 12.3 Å². The summed E-state index contributed by atoms with van der Waals surface area (Å²) in [6, 6.07) is 5.99. The molecule has 0 saturated heterocycles. The zero-order chi connectivity index (χ0) is 15.1. The van der Waals surface area contributed by atoms with Crippen LogP contribution in [0, 0.1) is 6.92 Å². The molecule has 1 aromatic carbocycles. The number of carbonyl (C=O) groups is 1. The lowest BCUT2D eigenvalue weighted by molar-refractivity contribution is -0.127. The molecule has 0 saturated carbocycles. The van der Waals surface area contributed by atoms with Crippen LogP contribution in [-0.2, 0) is 11.3 Å². The first kappa shape index (κ1) is 16.5. The first-order valence-corrected chi connectivity index (χ1v) is 7.24. The zero-order valence-electron chi connectivity index (χ0n) is 12.9. The Hall–Kier alpha value is -1.55. The molecule has 1 aromatic rings. The Kier molecular flexibility index (Phi) is 6.52. The molecule has 2 unspecified atom stereocenters. The van der Waals surface area contributed by atoms with Gasteiger partial charge in [0.25, 0.3) is 5.91 Å². The molecular weight excluding hydrogens is 252 g/mol. The summed E-state index contributed by atoms with van der Waals surface area (Å²) in [5.41, 5.74) is 7.76. The molecule has 0 aliphatic carbocycles. The topological polar surface area (TPSA) is 64.3 Å². The van der Waals surface area contributed by atoms with Gasteiger partial charge in [-0.25, -0.2) is 0 Å². The number of amides is 1. The first-order valence-electron chi connectivity index (χ1n) is 7.24. The molecule has 112 valence electrons. The van der Waals surface area contributed by atoms with Crippen LogP contribution in [-0.4, -0.2) is 18.1 Å². The largest absolute Gasteiger partial charge is 0.481 e. The van der Waals surface area contributed by atoms with Crippen LogP contribution in [0.1, 0.15) is 44.7 Å². The number of hydrogen-bond acceptors (Lipinski definition) is 3. The van der Waals surface area contributed by atoms with Crippen LogP contribution in [0.3, 0.4) is 0 Å². The maximum Gasteiger partial charge on any atom is 0.260 e. The molecule has 0 fully saturated rings. The van der Waals surface area contributed by atoms with Crippen molar-refractivity contribution < 1.29 is 9.53 Å². The maximum absolute atomic E-state index is 12.0. The fraction of sp³-hybridized carbons (Fsp3) is 0.562. The van der Waals surface area contributed by atoms with Gasteiger partial charge in [0.05, 0.1) is 0 Å². The van der Waals surface area contributed by atoms with Crippen molar-refractivity contribution in [2.24, 2.45) is 5.73 Å². The van der Waals surface area contributed by atoms with Gasteiger partial charge in [-0.2, -0.15) is 0 Å². The van der Waals surface area contributed by atoms with Crippen molar-refractivity contribution in [1.29, 1.82) is 0 Å². The van der Waals surface area contributed by atoms with Gasteiger partial charge in [0, 0.05) is 18.2 Å². The second kappa shape index (κ2) is 7.90. The van der Waals surface area contributed by atoms with Gasteiger partial charge in [0.15, 0.2) is 6.10 Å². The molecule has 0 bridgehead atoms. The molecule has 0 aromatic heterocycles. The van der Waals surface area contributed by atoms with E-state index >= 15 is 0 Å². The van der Waals surface area contributed by atoms with Crippen LogP contribution in [0.25, 0.3) is 0 Å². The number of rotatable bonds is 7. The molecule has 0 aliphatic heterocycles. The normalized spacial score (nSPS) is 13.7. The van der Waals surface area contributed by atoms with E-state index in [0.717, 1.165) is 24.0 Å². The summed E-state index contributed by atoms with van der Waals surface area (Å²) in [6.07, 6.45) is 1.49. The standard InChI is InChI=1S/C16H26N2O2/c1-5-6-12(3)18-16(19)13(4)20-15-8-7-11(2)9-14(15)10-17/h7-9,12-13H,5-6,10,17H2,1-4H3,(H,18,19). The fourth-order valence-corrected chi connectivity index (χ4v) is 2.09. The predicted octanol–water partition coefficient (Wildman–Crippen LogP) is 2.53. The molecule has 0 radical (unpaired) electrons. The minimum atomic E-state index is -0.526. The Labute approximate surface area is 121 Å². The molecule has 0 spiro atoms. The summed E-state index contributed by atoms with van der Waals surface area (Å²) in [7, 11) is 0. The lowest BCUT2D eigenvalue weighted by Gasteiger charge is -2.19. The van der Waals surface area contributed by atoms with Gasteiger partial charge >= 0.3 is 0 Å². The van der Waals surface area contributed by atoms with Crippen molar-refractivity contribution in [1.82, 2.24) is 5.32 Å². The van der Waals surface area contributed by atoms with Gasteiger partial charge in [0.1, 0.15) is 5.75 Å². The lowest BCUT2D eigenvalue weighted by Crippen LogP contribution is -2.41. The number of carbonyl (C=O) groups excluding carboxylic acids is 1. The lowest BCUT2D eigenvalue weighted by atomic mass is 10.1. The second-order valence-electron chi connectivity index (χ2n) is 5.27. The number of nitrogens with two attached hydrogens (primary N) is 1. The summed E-state index contributed by atoms with van der Waals surface area (Å²) in [5.74, 6) is 0.596. The van der Waals surface area contributed by atoms with E-state index in [4.69, 9.17) is 10.5 Å². The average molecular weight is 278 g/mol. The second-order valence-corrected chi connectivity index (χ2v) is 5.27. The minimum absolute atomic E-state index is 0.0884. The SMILES string of the molecule is CCCC(C)NC(=O)C(C)Oc1ccc(C)cc1CN. The highest BCUT2D eigenvalue weighted by molar-refractivity contribution is 5.81. The molecule has 1 rings (SSSR count). The molecule has 4 heteroatoms. The van der Waals surface area contributed by atoms with Crippen LogP contribution in [0.5, 0.6) is 5.75 Å². The minimum Gasteiger partial charge on any atom is -0.481 e. The smallest absolute Gasteiger partial charge is 0.260 e. The number of ether oxygens (including phenoxy) is 1. The zero-order valence-corrected chi connectivity index (χ0v) is 12.9. The summed E-state index contributed by atoms with van der Waals surface area (Å²) in [6.45, 7) is 8.27. The van der Waals surface area contributed by atoms with Crippen LogP contribution in [0.4, 0.5) is 0 Å². The van der Waals surface area contributed by atoms with E-state index in [1.165, 1.54) is 0 Å². The Morgan fingerprint density at radius 2 is 2.10 bits per heavy atom. The Morgan fingerprint density at radius 1 is 1.40 bits per heavy atom. The third-order valence-corrected chi connectivity index (χ3v) is 3.22. The highest BCUT2D eigenvalue weighted by Crippen LogP contribution is 2.20. The Bertz CT molecular complexity index is 446. The van der Waals surface area contributed by atoms with E-state index in [1.807, 2.05) is 32.0 Å². The summed E-state index contributed by atoms with van der Waals surface area (Å²) in [5, 5.41) is 2.95. The quantitative estimate of drug-likeness (QED) is 0.805. The van der Waals surface area contributed by atoms with E-state index in [2.05, 4.69) is 12.2 Å². The van der Waals surface area contributed by atoms with Crippen LogP contribution in [0.2, 0.25) is 0 Å². The van der Waals surface area contributed by atoms with Gasteiger partial charge in [-0.3, -0.25) is 4.79 Å². The third kappa shape index (κ3) is 4.85. The summed E-state index contributed by atoms with van der Waals surface area (Å²) < 4.78 is 5.74. The molecule has 2 atom stereocenters. The number of hydrogen-bond donors (Lipinski definition) is 2. The Balaban J connectivity index is 2.65. The van der Waals surface area contributed by atoms with Crippen molar-refractivity contribution in [2.45, 2.75) is 59.2 Å². The van der Waals surface area contributed by atoms with Gasteiger partial charge in [-0.15, -0.1) is 0 Å². The number of benzene rings is 1. The van der Waals surface area contributed by atoms with Gasteiger partial charge in [0.2, 0.25) is 0 Å². The monoisotopic (exact) mass is 278 g/mol. The Morgan fingerprint density at radius 3 is 2.70 bits per heavy atom. The van der Waals surface area contributed by atoms with Crippen molar-refractivity contribution in [3.05, 3.63) is 29.3 Å². The molecule has 0 heterocycles. The third-order valence-electron chi connectivity index (χ3n) is 3.22. The van der Waals surface area contributed by atoms with E-state index in [1.54, 1.807) is 6.92 Å². The van der Waals surface area contributed by atoms with E-state index in [9.17, 15) is 4.79 Å². The van der Waals surface area contributed by atoms with Crippen molar-refractivity contribution >= 4 is 5.91 Å². The first-order chi connectivity index (χ1) is 9.47. The molecular formula is C16H26N2O2. The fourth-order valence-electron chi connectivity index (χ4n) is 2.09. The summed E-state index contributed by atoms with van der Waals surface area (Å²) >= 11 is 0. The highest BCUT2D eigenvalue weighted by Gasteiger charge is 2.17. The van der Waals surface area contributed by atoms with Gasteiger partial charge in [-0.1, -0.05) is 31.0 Å². The number of nitrogens with one attached hydrogen (secondary N) is 1.